The third-order valence-electron chi connectivity index (χ3n) is 4.23. The summed E-state index contributed by atoms with van der Waals surface area (Å²) in [7, 11) is 1.65. The van der Waals surface area contributed by atoms with Crippen LogP contribution < -0.4 is 9.47 Å². The maximum absolute atomic E-state index is 12.2. The van der Waals surface area contributed by atoms with Gasteiger partial charge in [-0.15, -0.1) is 0 Å². The molecule has 0 saturated heterocycles. The van der Waals surface area contributed by atoms with Crippen molar-refractivity contribution >= 4 is 11.8 Å². The number of carbonyl (C=O) groups excluding carboxylic acids is 2. The number of carbonyl (C=O) groups is 2. The van der Waals surface area contributed by atoms with Gasteiger partial charge in [-0.3, -0.25) is 4.79 Å². The van der Waals surface area contributed by atoms with E-state index < -0.39 is 5.97 Å². The summed E-state index contributed by atoms with van der Waals surface area (Å²) in [4.78, 5) is 23.5. The molecule has 0 fully saturated rings. The molecular formula is C23H20O4. The van der Waals surface area contributed by atoms with Gasteiger partial charge in [0.25, 0.3) is 0 Å². The van der Waals surface area contributed by atoms with Crippen LogP contribution >= 0.6 is 0 Å². The lowest BCUT2D eigenvalue weighted by atomic mass is 10.0. The lowest BCUT2D eigenvalue weighted by Crippen LogP contribution is -2.08. The van der Waals surface area contributed by atoms with Crippen LogP contribution in [0.4, 0.5) is 0 Å². The fourth-order valence-electron chi connectivity index (χ4n) is 2.66. The molecule has 0 aliphatic carbocycles. The second-order valence-corrected chi connectivity index (χ2v) is 6.19. The number of ketones is 1. The van der Waals surface area contributed by atoms with Crippen molar-refractivity contribution in [2.45, 2.75) is 13.3 Å². The Labute approximate surface area is 158 Å². The minimum Gasteiger partial charge on any atom is -0.497 e. The highest BCUT2D eigenvalue weighted by molar-refractivity contribution is 5.96. The average Bonchev–Trinajstić information content (AvgIpc) is 2.70. The SMILES string of the molecule is COc1ccc(Cc2ccc(OC(=O)c3ccc(C(C)=O)cc3)cc2)cc1. The van der Waals surface area contributed by atoms with Gasteiger partial charge in [-0.05, 0) is 60.9 Å². The van der Waals surface area contributed by atoms with Gasteiger partial charge in [-0.25, -0.2) is 4.79 Å². The highest BCUT2D eigenvalue weighted by atomic mass is 16.5. The maximum atomic E-state index is 12.2. The normalized spacial score (nSPS) is 10.3. The summed E-state index contributed by atoms with van der Waals surface area (Å²) in [6.07, 6.45) is 0.782. The molecule has 0 bridgehead atoms. The van der Waals surface area contributed by atoms with Crippen molar-refractivity contribution in [2.75, 3.05) is 7.11 Å². The molecule has 0 atom stereocenters. The molecule has 136 valence electrons. The highest BCUT2D eigenvalue weighted by Gasteiger charge is 2.09. The fourth-order valence-corrected chi connectivity index (χ4v) is 2.66. The van der Waals surface area contributed by atoms with Crippen LogP contribution in [0.2, 0.25) is 0 Å². The van der Waals surface area contributed by atoms with Crippen molar-refractivity contribution in [2.24, 2.45) is 0 Å². The van der Waals surface area contributed by atoms with Crippen molar-refractivity contribution in [3.63, 3.8) is 0 Å². The smallest absolute Gasteiger partial charge is 0.343 e. The van der Waals surface area contributed by atoms with Crippen LogP contribution in [0.25, 0.3) is 0 Å². The zero-order chi connectivity index (χ0) is 19.2. The Balaban J connectivity index is 1.62. The second-order valence-electron chi connectivity index (χ2n) is 6.19. The highest BCUT2D eigenvalue weighted by Crippen LogP contribution is 2.18. The van der Waals surface area contributed by atoms with E-state index in [1.165, 1.54) is 12.5 Å². The summed E-state index contributed by atoms with van der Waals surface area (Å²) in [6, 6.07) is 21.8. The average molecular weight is 360 g/mol. The van der Waals surface area contributed by atoms with Crippen LogP contribution in [0.15, 0.2) is 72.8 Å². The number of benzene rings is 3. The first kappa shape index (κ1) is 18.4. The molecule has 0 spiro atoms. The fraction of sp³-hybridized carbons (Fsp3) is 0.130. The number of esters is 1. The molecule has 4 nitrogen and oxygen atoms in total. The first-order valence-corrected chi connectivity index (χ1v) is 8.60. The standard InChI is InChI=1S/C23H20O4/c1-16(24)19-7-9-20(10-8-19)23(25)27-22-13-5-18(6-14-22)15-17-3-11-21(26-2)12-4-17/h3-14H,15H2,1-2H3. The Morgan fingerprint density at radius 3 is 1.67 bits per heavy atom. The largest absolute Gasteiger partial charge is 0.497 e. The maximum Gasteiger partial charge on any atom is 0.343 e. The van der Waals surface area contributed by atoms with Crippen LogP contribution in [0.5, 0.6) is 11.5 Å². The number of hydrogen-bond acceptors (Lipinski definition) is 4. The van der Waals surface area contributed by atoms with Crippen molar-refractivity contribution in [3.05, 3.63) is 95.1 Å². The Kier molecular flexibility index (Phi) is 5.67. The first-order valence-electron chi connectivity index (χ1n) is 8.60. The molecule has 27 heavy (non-hydrogen) atoms. The van der Waals surface area contributed by atoms with Crippen LogP contribution in [0.1, 0.15) is 38.8 Å². The van der Waals surface area contributed by atoms with Crippen molar-refractivity contribution in [3.8, 4) is 11.5 Å². The predicted octanol–water partition coefficient (Wildman–Crippen LogP) is 4.71. The molecule has 4 heteroatoms. The first-order chi connectivity index (χ1) is 13.0. The van der Waals surface area contributed by atoms with Gasteiger partial charge in [0.1, 0.15) is 11.5 Å². The van der Waals surface area contributed by atoms with Crippen LogP contribution in [0, 0.1) is 0 Å². The molecule has 0 aromatic heterocycles. The van der Waals surface area contributed by atoms with E-state index in [2.05, 4.69) is 0 Å². The number of Topliss-reactive ketones (excluding diaryl/α,β-unsaturated/α-hetero) is 1. The Morgan fingerprint density at radius 1 is 0.704 bits per heavy atom. The van der Waals surface area contributed by atoms with Gasteiger partial charge in [0, 0.05) is 5.56 Å². The van der Waals surface area contributed by atoms with Crippen LogP contribution in [-0.2, 0) is 6.42 Å². The van der Waals surface area contributed by atoms with Gasteiger partial charge in [-0.2, -0.15) is 0 Å². The Morgan fingerprint density at radius 2 is 1.19 bits per heavy atom. The van der Waals surface area contributed by atoms with E-state index in [4.69, 9.17) is 9.47 Å². The van der Waals surface area contributed by atoms with E-state index in [1.807, 2.05) is 36.4 Å². The van der Waals surface area contributed by atoms with E-state index in [0.29, 0.717) is 16.9 Å². The van der Waals surface area contributed by atoms with Crippen molar-refractivity contribution in [1.29, 1.82) is 0 Å². The molecule has 0 saturated carbocycles. The van der Waals surface area contributed by atoms with E-state index in [1.54, 1.807) is 43.5 Å². The molecular weight excluding hydrogens is 340 g/mol. The summed E-state index contributed by atoms with van der Waals surface area (Å²) in [5.74, 6) is 0.821. The number of ether oxygens (including phenoxy) is 2. The molecule has 3 rings (SSSR count). The summed E-state index contributed by atoms with van der Waals surface area (Å²) in [5.41, 5.74) is 3.26. The van der Waals surface area contributed by atoms with Gasteiger partial charge in [-0.1, -0.05) is 36.4 Å². The summed E-state index contributed by atoms with van der Waals surface area (Å²) in [6.45, 7) is 1.49. The van der Waals surface area contributed by atoms with E-state index in [0.717, 1.165) is 17.7 Å². The minimum absolute atomic E-state index is 0.0395. The number of methoxy groups -OCH3 is 1. The van der Waals surface area contributed by atoms with Gasteiger partial charge in [0.15, 0.2) is 5.78 Å². The van der Waals surface area contributed by atoms with Crippen molar-refractivity contribution < 1.29 is 19.1 Å². The third kappa shape index (κ3) is 4.82. The van der Waals surface area contributed by atoms with Gasteiger partial charge < -0.3 is 9.47 Å². The molecule has 0 N–H and O–H groups in total. The number of rotatable bonds is 6. The molecule has 0 heterocycles. The predicted molar refractivity (Wildman–Crippen MR) is 104 cm³/mol. The Bertz CT molecular complexity index is 924. The number of hydrogen-bond donors (Lipinski definition) is 0. The van der Waals surface area contributed by atoms with Gasteiger partial charge in [0.2, 0.25) is 0 Å². The van der Waals surface area contributed by atoms with E-state index >= 15 is 0 Å². The molecule has 3 aromatic carbocycles. The Hall–Kier alpha value is -3.40. The zero-order valence-corrected chi connectivity index (χ0v) is 15.3. The van der Waals surface area contributed by atoms with Gasteiger partial charge in [0.05, 0.1) is 12.7 Å². The zero-order valence-electron chi connectivity index (χ0n) is 15.3. The van der Waals surface area contributed by atoms with Crippen LogP contribution in [0.3, 0.4) is 0 Å². The summed E-state index contributed by atoms with van der Waals surface area (Å²) >= 11 is 0. The molecule has 0 unspecified atom stereocenters. The summed E-state index contributed by atoms with van der Waals surface area (Å²) < 4.78 is 10.6. The van der Waals surface area contributed by atoms with E-state index in [9.17, 15) is 9.59 Å². The topological polar surface area (TPSA) is 52.6 Å². The lowest BCUT2D eigenvalue weighted by molar-refractivity contribution is 0.0734. The molecule has 0 amide bonds. The summed E-state index contributed by atoms with van der Waals surface area (Å²) in [5, 5.41) is 0. The molecule has 3 aromatic rings. The quantitative estimate of drug-likeness (QED) is 0.363. The molecule has 0 aliphatic rings. The lowest BCUT2D eigenvalue weighted by Gasteiger charge is -2.07. The van der Waals surface area contributed by atoms with Gasteiger partial charge >= 0.3 is 5.97 Å². The third-order valence-corrected chi connectivity index (χ3v) is 4.23. The minimum atomic E-state index is -0.451. The van der Waals surface area contributed by atoms with Crippen molar-refractivity contribution in [1.82, 2.24) is 0 Å². The second kappa shape index (κ2) is 8.32. The molecule has 0 aliphatic heterocycles. The monoisotopic (exact) mass is 360 g/mol. The molecule has 0 radical (unpaired) electrons. The van der Waals surface area contributed by atoms with E-state index in [-0.39, 0.29) is 5.78 Å². The van der Waals surface area contributed by atoms with Crippen LogP contribution in [-0.4, -0.2) is 18.9 Å².